The number of rotatable bonds is 3. The first-order valence-electron chi connectivity index (χ1n) is 7.23. The summed E-state index contributed by atoms with van der Waals surface area (Å²) in [6, 6.07) is 10.7. The highest BCUT2D eigenvalue weighted by Gasteiger charge is 2.14. The number of anilines is 1. The zero-order valence-electron chi connectivity index (χ0n) is 13.1. The van der Waals surface area contributed by atoms with Crippen LogP contribution in [-0.2, 0) is 0 Å². The summed E-state index contributed by atoms with van der Waals surface area (Å²) in [4.78, 5) is 16.5. The van der Waals surface area contributed by atoms with Gasteiger partial charge >= 0.3 is 0 Å². The minimum atomic E-state index is -0.340. The van der Waals surface area contributed by atoms with Gasteiger partial charge in [-0.2, -0.15) is 0 Å². The third kappa shape index (κ3) is 3.45. The van der Waals surface area contributed by atoms with E-state index in [0.29, 0.717) is 27.2 Å². The summed E-state index contributed by atoms with van der Waals surface area (Å²) in [5, 5.41) is 3.64. The van der Waals surface area contributed by atoms with E-state index in [1.165, 1.54) is 6.26 Å². The van der Waals surface area contributed by atoms with Gasteiger partial charge in [0.15, 0.2) is 5.69 Å². The summed E-state index contributed by atoms with van der Waals surface area (Å²) < 4.78 is 5.37. The second kappa shape index (κ2) is 6.67. The summed E-state index contributed by atoms with van der Waals surface area (Å²) in [6.45, 7) is 4.01. The standard InChI is InChI=1S/C18H14Cl2N2O2/c1-10-3-5-13(7-11(10)2)21-17(23)16-9-24-18(22-16)12-4-6-14(19)15(20)8-12/h3-9H,1-2H3,(H,21,23). The molecule has 122 valence electrons. The zero-order chi connectivity index (χ0) is 17.3. The Morgan fingerprint density at radius 2 is 1.83 bits per heavy atom. The average Bonchev–Trinajstić information content (AvgIpc) is 3.04. The van der Waals surface area contributed by atoms with Gasteiger partial charge < -0.3 is 9.73 Å². The normalized spacial score (nSPS) is 10.7. The van der Waals surface area contributed by atoms with Gasteiger partial charge in [0.25, 0.3) is 5.91 Å². The van der Waals surface area contributed by atoms with Gasteiger partial charge in [-0.25, -0.2) is 4.98 Å². The van der Waals surface area contributed by atoms with Crippen LogP contribution in [0.1, 0.15) is 21.6 Å². The van der Waals surface area contributed by atoms with Crippen molar-refractivity contribution in [3.8, 4) is 11.5 Å². The number of aryl methyl sites for hydroxylation is 2. The number of carbonyl (C=O) groups excluding carboxylic acids is 1. The number of nitrogens with zero attached hydrogens (tertiary/aromatic N) is 1. The lowest BCUT2D eigenvalue weighted by Crippen LogP contribution is -2.12. The van der Waals surface area contributed by atoms with Crippen LogP contribution in [0.2, 0.25) is 10.0 Å². The van der Waals surface area contributed by atoms with Crippen molar-refractivity contribution in [1.82, 2.24) is 4.98 Å². The number of aromatic nitrogens is 1. The van der Waals surface area contributed by atoms with Crippen molar-refractivity contribution in [2.24, 2.45) is 0 Å². The molecular weight excluding hydrogens is 347 g/mol. The van der Waals surface area contributed by atoms with E-state index < -0.39 is 0 Å². The number of nitrogens with one attached hydrogen (secondary N) is 1. The molecule has 1 heterocycles. The molecule has 1 N–H and O–H groups in total. The highest BCUT2D eigenvalue weighted by molar-refractivity contribution is 6.42. The highest BCUT2D eigenvalue weighted by atomic mass is 35.5. The first-order chi connectivity index (χ1) is 11.4. The number of amides is 1. The molecule has 3 rings (SSSR count). The summed E-state index contributed by atoms with van der Waals surface area (Å²) in [6.07, 6.45) is 1.31. The summed E-state index contributed by atoms with van der Waals surface area (Å²) in [5.41, 5.74) is 3.81. The lowest BCUT2D eigenvalue weighted by Gasteiger charge is -2.05. The van der Waals surface area contributed by atoms with E-state index >= 15 is 0 Å². The van der Waals surface area contributed by atoms with E-state index in [1.54, 1.807) is 18.2 Å². The van der Waals surface area contributed by atoms with Crippen LogP contribution in [0.5, 0.6) is 0 Å². The topological polar surface area (TPSA) is 55.1 Å². The van der Waals surface area contributed by atoms with Crippen LogP contribution >= 0.6 is 23.2 Å². The fourth-order valence-corrected chi connectivity index (χ4v) is 2.45. The SMILES string of the molecule is Cc1ccc(NC(=O)c2coc(-c3ccc(Cl)c(Cl)c3)n2)cc1C. The second-order valence-corrected chi connectivity index (χ2v) is 6.23. The molecule has 0 saturated heterocycles. The smallest absolute Gasteiger partial charge is 0.277 e. The molecule has 2 aromatic carbocycles. The third-order valence-electron chi connectivity index (χ3n) is 3.67. The van der Waals surface area contributed by atoms with Crippen LogP contribution in [0.4, 0.5) is 5.69 Å². The van der Waals surface area contributed by atoms with Gasteiger partial charge in [-0.1, -0.05) is 29.3 Å². The minimum absolute atomic E-state index is 0.189. The van der Waals surface area contributed by atoms with Gasteiger partial charge in [0.1, 0.15) is 6.26 Å². The molecule has 0 bridgehead atoms. The van der Waals surface area contributed by atoms with Gasteiger partial charge in [-0.15, -0.1) is 0 Å². The molecule has 0 aliphatic heterocycles. The van der Waals surface area contributed by atoms with Crippen LogP contribution in [0.3, 0.4) is 0 Å². The molecule has 0 saturated carbocycles. The number of benzene rings is 2. The predicted octanol–water partition coefficient (Wildman–Crippen LogP) is 5.52. The van der Waals surface area contributed by atoms with Crippen molar-refractivity contribution in [3.05, 3.63) is 69.5 Å². The number of hydrogen-bond donors (Lipinski definition) is 1. The van der Waals surface area contributed by atoms with E-state index in [4.69, 9.17) is 27.6 Å². The molecule has 24 heavy (non-hydrogen) atoms. The van der Waals surface area contributed by atoms with Gasteiger partial charge in [0.2, 0.25) is 5.89 Å². The van der Waals surface area contributed by atoms with E-state index in [1.807, 2.05) is 32.0 Å². The van der Waals surface area contributed by atoms with E-state index in [9.17, 15) is 4.79 Å². The first-order valence-corrected chi connectivity index (χ1v) is 7.99. The Balaban J connectivity index is 1.80. The van der Waals surface area contributed by atoms with Crippen molar-refractivity contribution in [1.29, 1.82) is 0 Å². The summed E-state index contributed by atoms with van der Waals surface area (Å²) >= 11 is 11.9. The predicted molar refractivity (Wildman–Crippen MR) is 95.8 cm³/mol. The number of carbonyl (C=O) groups is 1. The number of oxazole rings is 1. The minimum Gasteiger partial charge on any atom is -0.444 e. The Bertz CT molecular complexity index is 919. The van der Waals surface area contributed by atoms with Crippen LogP contribution in [0, 0.1) is 13.8 Å². The summed E-state index contributed by atoms with van der Waals surface area (Å²) in [7, 11) is 0. The number of hydrogen-bond acceptors (Lipinski definition) is 3. The van der Waals surface area contributed by atoms with Gasteiger partial charge in [0.05, 0.1) is 10.0 Å². The fraction of sp³-hybridized carbons (Fsp3) is 0.111. The third-order valence-corrected chi connectivity index (χ3v) is 4.41. The van der Waals surface area contributed by atoms with Crippen LogP contribution in [0.15, 0.2) is 47.1 Å². The zero-order valence-corrected chi connectivity index (χ0v) is 14.6. The Morgan fingerprint density at radius 3 is 2.54 bits per heavy atom. The molecular formula is C18H14Cl2N2O2. The Hall–Kier alpha value is -2.30. The van der Waals surface area contributed by atoms with Crippen molar-refractivity contribution in [2.75, 3.05) is 5.32 Å². The average molecular weight is 361 g/mol. The van der Waals surface area contributed by atoms with Gasteiger partial charge in [0, 0.05) is 11.3 Å². The Kier molecular flexibility index (Phi) is 4.60. The molecule has 0 aliphatic rings. The molecule has 0 atom stereocenters. The largest absolute Gasteiger partial charge is 0.444 e. The lowest BCUT2D eigenvalue weighted by atomic mass is 10.1. The highest BCUT2D eigenvalue weighted by Crippen LogP contribution is 2.28. The molecule has 0 aliphatic carbocycles. The van der Waals surface area contributed by atoms with Crippen molar-refractivity contribution in [3.63, 3.8) is 0 Å². The maximum absolute atomic E-state index is 12.3. The van der Waals surface area contributed by atoms with Crippen molar-refractivity contribution >= 4 is 34.8 Å². The van der Waals surface area contributed by atoms with E-state index in [2.05, 4.69) is 10.3 Å². The molecule has 4 nitrogen and oxygen atoms in total. The molecule has 1 amide bonds. The second-order valence-electron chi connectivity index (χ2n) is 5.42. The van der Waals surface area contributed by atoms with E-state index in [0.717, 1.165) is 11.1 Å². The van der Waals surface area contributed by atoms with Crippen molar-refractivity contribution in [2.45, 2.75) is 13.8 Å². The maximum Gasteiger partial charge on any atom is 0.277 e. The molecule has 0 unspecified atom stereocenters. The van der Waals surface area contributed by atoms with Crippen LogP contribution in [0.25, 0.3) is 11.5 Å². The number of halogens is 2. The monoisotopic (exact) mass is 360 g/mol. The molecule has 6 heteroatoms. The van der Waals surface area contributed by atoms with Crippen LogP contribution in [-0.4, -0.2) is 10.9 Å². The Morgan fingerprint density at radius 1 is 1.04 bits per heavy atom. The fourth-order valence-electron chi connectivity index (χ4n) is 2.15. The van der Waals surface area contributed by atoms with E-state index in [-0.39, 0.29) is 11.6 Å². The van der Waals surface area contributed by atoms with Gasteiger partial charge in [-0.3, -0.25) is 4.79 Å². The molecule has 1 aromatic heterocycles. The first kappa shape index (κ1) is 16.6. The lowest BCUT2D eigenvalue weighted by molar-refractivity contribution is 0.102. The quantitative estimate of drug-likeness (QED) is 0.669. The molecule has 0 fully saturated rings. The van der Waals surface area contributed by atoms with Crippen LogP contribution < -0.4 is 5.32 Å². The maximum atomic E-state index is 12.3. The molecule has 0 radical (unpaired) electrons. The Labute approximate surface area is 149 Å². The van der Waals surface area contributed by atoms with Crippen molar-refractivity contribution < 1.29 is 9.21 Å². The van der Waals surface area contributed by atoms with Gasteiger partial charge in [-0.05, 0) is 55.3 Å². The summed E-state index contributed by atoms with van der Waals surface area (Å²) in [5.74, 6) is -0.0351. The molecule has 3 aromatic rings. The molecule has 0 spiro atoms.